The van der Waals surface area contributed by atoms with E-state index in [2.05, 4.69) is 34.6 Å². The van der Waals surface area contributed by atoms with Crippen molar-refractivity contribution < 1.29 is 0 Å². The third kappa shape index (κ3) is 0.920. The van der Waals surface area contributed by atoms with Crippen molar-refractivity contribution in [1.29, 1.82) is 0 Å². The zero-order chi connectivity index (χ0) is 8.67. The average Bonchev–Trinajstić information content (AvgIpc) is 2.61. The van der Waals surface area contributed by atoms with Crippen LogP contribution in [0.5, 0.6) is 0 Å². The van der Waals surface area contributed by atoms with Crippen molar-refractivity contribution in [2.75, 3.05) is 0 Å². The maximum Gasteiger partial charge on any atom is 0.0893 e. The molecule has 0 spiro atoms. The smallest absolute Gasteiger partial charge is 0.0893 e. The van der Waals surface area contributed by atoms with Crippen molar-refractivity contribution in [3.63, 3.8) is 0 Å². The SMILES string of the molecule is C1=Cc2cc3c(cc2=C1)[N]C=CN=3. The Kier molecular flexibility index (Phi) is 1.19. The maximum absolute atomic E-state index is 4.25. The summed E-state index contributed by atoms with van der Waals surface area (Å²) in [6.07, 6.45) is 9.66. The number of benzene rings is 1. The third-order valence-electron chi connectivity index (χ3n) is 2.23. The Morgan fingerprint density at radius 3 is 3.08 bits per heavy atom. The quantitative estimate of drug-likeness (QED) is 0.547. The molecule has 1 heterocycles. The van der Waals surface area contributed by atoms with Gasteiger partial charge in [-0.15, -0.1) is 0 Å². The molecule has 3 rings (SSSR count). The van der Waals surface area contributed by atoms with Crippen LogP contribution in [-0.4, -0.2) is 0 Å². The number of hydrogen-bond donors (Lipinski definition) is 0. The second kappa shape index (κ2) is 2.33. The van der Waals surface area contributed by atoms with E-state index >= 15 is 0 Å². The molecule has 61 valence electrons. The molecule has 1 aliphatic heterocycles. The lowest BCUT2D eigenvalue weighted by Crippen LogP contribution is -2.17. The molecule has 0 bridgehead atoms. The van der Waals surface area contributed by atoms with E-state index in [0.29, 0.717) is 0 Å². The van der Waals surface area contributed by atoms with Crippen molar-refractivity contribution in [2.45, 2.75) is 0 Å². The lowest BCUT2D eigenvalue weighted by Gasteiger charge is -2.03. The first-order valence-corrected chi connectivity index (χ1v) is 4.20. The normalized spacial score (nSPS) is 15.4. The van der Waals surface area contributed by atoms with Gasteiger partial charge in [0, 0.05) is 12.4 Å². The second-order valence-corrected chi connectivity index (χ2v) is 3.05. The van der Waals surface area contributed by atoms with Crippen LogP contribution in [0.3, 0.4) is 0 Å². The zero-order valence-electron chi connectivity index (χ0n) is 6.94. The fourth-order valence-electron chi connectivity index (χ4n) is 1.59. The van der Waals surface area contributed by atoms with Crippen molar-refractivity contribution in [3.05, 3.63) is 46.7 Å². The standard InChI is InChI=1S/C11H7N2/c1-2-8-6-10-11(7-9(8)3-1)13-5-4-12-10/h1-7H. The minimum Gasteiger partial charge on any atom is -0.253 e. The van der Waals surface area contributed by atoms with E-state index in [1.807, 2.05) is 6.08 Å². The largest absolute Gasteiger partial charge is 0.253 e. The van der Waals surface area contributed by atoms with Crippen molar-refractivity contribution in [2.24, 2.45) is 4.99 Å². The van der Waals surface area contributed by atoms with Crippen LogP contribution in [0.1, 0.15) is 5.56 Å². The first-order chi connectivity index (χ1) is 6.43. The van der Waals surface area contributed by atoms with Crippen LogP contribution >= 0.6 is 0 Å². The monoisotopic (exact) mass is 167 g/mol. The van der Waals surface area contributed by atoms with Crippen LogP contribution in [0.25, 0.3) is 12.2 Å². The average molecular weight is 167 g/mol. The Hall–Kier alpha value is -1.83. The van der Waals surface area contributed by atoms with Gasteiger partial charge >= 0.3 is 0 Å². The molecule has 2 heteroatoms. The first kappa shape index (κ1) is 6.66. The van der Waals surface area contributed by atoms with E-state index in [9.17, 15) is 0 Å². The highest BCUT2D eigenvalue weighted by Gasteiger charge is 2.04. The fourth-order valence-corrected chi connectivity index (χ4v) is 1.59. The van der Waals surface area contributed by atoms with E-state index in [4.69, 9.17) is 0 Å². The van der Waals surface area contributed by atoms with Crippen LogP contribution in [0.4, 0.5) is 5.69 Å². The predicted molar refractivity (Wildman–Crippen MR) is 51.7 cm³/mol. The number of allylic oxidation sites excluding steroid dienone is 1. The molecular weight excluding hydrogens is 160 g/mol. The summed E-state index contributed by atoms with van der Waals surface area (Å²) in [6, 6.07) is 4.13. The van der Waals surface area contributed by atoms with Crippen molar-refractivity contribution in [3.8, 4) is 0 Å². The third-order valence-corrected chi connectivity index (χ3v) is 2.23. The molecular formula is C11H7N2. The molecule has 1 radical (unpaired) electrons. The van der Waals surface area contributed by atoms with Crippen LogP contribution in [0.2, 0.25) is 0 Å². The molecule has 1 aliphatic carbocycles. The molecule has 0 aromatic heterocycles. The fraction of sp³-hybridized carbons (Fsp3) is 0. The van der Waals surface area contributed by atoms with Crippen LogP contribution in [0.15, 0.2) is 35.6 Å². The van der Waals surface area contributed by atoms with Crippen LogP contribution < -0.4 is 15.9 Å². The molecule has 0 fully saturated rings. The Morgan fingerprint density at radius 1 is 1.08 bits per heavy atom. The van der Waals surface area contributed by atoms with Gasteiger partial charge in [0.25, 0.3) is 0 Å². The highest BCUT2D eigenvalue weighted by atomic mass is 14.9. The molecule has 1 aromatic rings. The molecule has 0 amide bonds. The molecule has 1 aromatic carbocycles. The Bertz CT molecular complexity index is 536. The van der Waals surface area contributed by atoms with Gasteiger partial charge in [-0.2, -0.15) is 0 Å². The summed E-state index contributed by atoms with van der Waals surface area (Å²) in [5.41, 5.74) is 2.19. The first-order valence-electron chi connectivity index (χ1n) is 4.20. The second-order valence-electron chi connectivity index (χ2n) is 3.05. The molecule has 0 atom stereocenters. The van der Waals surface area contributed by atoms with Gasteiger partial charge < -0.3 is 0 Å². The summed E-state index contributed by atoms with van der Waals surface area (Å²) in [6.45, 7) is 0. The van der Waals surface area contributed by atoms with Crippen LogP contribution in [0, 0.1) is 0 Å². The highest BCUT2D eigenvalue weighted by molar-refractivity contribution is 5.68. The Balaban J connectivity index is 2.41. The minimum absolute atomic E-state index is 0.959. The number of rotatable bonds is 0. The molecule has 13 heavy (non-hydrogen) atoms. The number of hydrogen-bond acceptors (Lipinski definition) is 1. The molecule has 0 saturated carbocycles. The summed E-state index contributed by atoms with van der Waals surface area (Å²) < 4.78 is 0. The van der Waals surface area contributed by atoms with Gasteiger partial charge in [-0.25, -0.2) is 0 Å². The minimum atomic E-state index is 0.959. The predicted octanol–water partition coefficient (Wildman–Crippen LogP) is 0.834. The highest BCUT2D eigenvalue weighted by Crippen LogP contribution is 2.06. The van der Waals surface area contributed by atoms with Gasteiger partial charge in [-0.05, 0) is 22.9 Å². The summed E-state index contributed by atoms with van der Waals surface area (Å²) in [5.74, 6) is 0. The van der Waals surface area contributed by atoms with E-state index in [0.717, 1.165) is 11.0 Å². The van der Waals surface area contributed by atoms with E-state index in [1.54, 1.807) is 12.4 Å². The van der Waals surface area contributed by atoms with Gasteiger partial charge in [0.15, 0.2) is 0 Å². The maximum atomic E-state index is 4.25. The molecule has 0 N–H and O–H groups in total. The molecule has 0 saturated heterocycles. The molecule has 2 nitrogen and oxygen atoms in total. The summed E-state index contributed by atoms with van der Waals surface area (Å²) in [7, 11) is 0. The van der Waals surface area contributed by atoms with Crippen molar-refractivity contribution in [1.82, 2.24) is 5.32 Å². The van der Waals surface area contributed by atoms with Gasteiger partial charge in [-0.3, -0.25) is 10.3 Å². The van der Waals surface area contributed by atoms with E-state index in [1.165, 1.54) is 10.8 Å². The Labute approximate surface area is 75.6 Å². The van der Waals surface area contributed by atoms with E-state index in [-0.39, 0.29) is 0 Å². The lowest BCUT2D eigenvalue weighted by molar-refractivity contribution is 1.08. The molecule has 2 aliphatic rings. The summed E-state index contributed by atoms with van der Waals surface area (Å²) >= 11 is 0. The zero-order valence-corrected chi connectivity index (χ0v) is 6.94. The van der Waals surface area contributed by atoms with Gasteiger partial charge in [0.05, 0.1) is 11.0 Å². The van der Waals surface area contributed by atoms with Gasteiger partial charge in [0.1, 0.15) is 0 Å². The summed E-state index contributed by atoms with van der Waals surface area (Å²) in [4.78, 5) is 4.25. The summed E-state index contributed by atoms with van der Waals surface area (Å²) in [5, 5.41) is 6.44. The topological polar surface area (TPSA) is 26.5 Å². The number of nitrogens with zero attached hydrogens (tertiary/aromatic N) is 2. The van der Waals surface area contributed by atoms with Gasteiger partial charge in [0.2, 0.25) is 0 Å². The Morgan fingerprint density at radius 2 is 2.08 bits per heavy atom. The van der Waals surface area contributed by atoms with Crippen molar-refractivity contribution >= 4 is 17.8 Å². The van der Waals surface area contributed by atoms with Crippen LogP contribution in [-0.2, 0) is 0 Å². The number of fused-ring (bicyclic) bond motifs is 2. The lowest BCUT2D eigenvalue weighted by atomic mass is 10.1. The van der Waals surface area contributed by atoms with E-state index < -0.39 is 0 Å². The molecule has 0 unspecified atom stereocenters. The van der Waals surface area contributed by atoms with Gasteiger partial charge in [-0.1, -0.05) is 18.2 Å².